The van der Waals surface area contributed by atoms with E-state index in [4.69, 9.17) is 4.74 Å². The molecule has 1 aliphatic heterocycles. The first-order valence-corrected chi connectivity index (χ1v) is 9.85. The molecule has 3 rings (SSSR count). The second kappa shape index (κ2) is 9.63. The maximum Gasteiger partial charge on any atom is 0.262 e. The van der Waals surface area contributed by atoms with Crippen molar-refractivity contribution in [2.45, 2.75) is 26.3 Å². The van der Waals surface area contributed by atoms with Gasteiger partial charge in [0.2, 0.25) is 5.91 Å². The van der Waals surface area contributed by atoms with E-state index in [1.807, 2.05) is 31.2 Å². The molecule has 0 aliphatic carbocycles. The van der Waals surface area contributed by atoms with Crippen molar-refractivity contribution in [1.29, 1.82) is 0 Å². The van der Waals surface area contributed by atoms with Crippen LogP contribution in [0.15, 0.2) is 53.6 Å². The van der Waals surface area contributed by atoms with Crippen molar-refractivity contribution in [3.05, 3.63) is 71.0 Å². The Bertz CT molecular complexity index is 926. The molecule has 0 N–H and O–H groups in total. The summed E-state index contributed by atoms with van der Waals surface area (Å²) in [6, 6.07) is 13.8. The SMILES string of the molecule is COCCN(CC(=O)N1N=C(c2ccc(F)cc2)CC1c1ccc(C)cc1)C(C)=O. The van der Waals surface area contributed by atoms with E-state index < -0.39 is 0 Å². The topological polar surface area (TPSA) is 62.2 Å². The standard InChI is InChI=1S/C23H26FN3O3/c1-16-4-6-19(7-5-16)22-14-21(18-8-10-20(24)11-9-18)25-27(22)23(29)15-26(17(2)28)12-13-30-3/h4-11,22H,12-15H2,1-3H3. The van der Waals surface area contributed by atoms with Crippen LogP contribution in [0.1, 0.15) is 36.1 Å². The highest BCUT2D eigenvalue weighted by molar-refractivity contribution is 6.03. The van der Waals surface area contributed by atoms with Crippen LogP contribution in [0.25, 0.3) is 0 Å². The van der Waals surface area contributed by atoms with Gasteiger partial charge in [-0.05, 0) is 30.2 Å². The number of carbonyl (C=O) groups excluding carboxylic acids is 2. The number of nitrogens with zero attached hydrogens (tertiary/aromatic N) is 3. The Balaban J connectivity index is 1.88. The van der Waals surface area contributed by atoms with Gasteiger partial charge >= 0.3 is 0 Å². The normalized spacial score (nSPS) is 15.8. The smallest absolute Gasteiger partial charge is 0.262 e. The van der Waals surface area contributed by atoms with Crippen LogP contribution in [0.5, 0.6) is 0 Å². The first kappa shape index (κ1) is 21.6. The third-order valence-electron chi connectivity index (χ3n) is 5.14. The molecule has 0 spiro atoms. The second-order valence-corrected chi connectivity index (χ2v) is 7.36. The zero-order valence-electron chi connectivity index (χ0n) is 17.5. The predicted octanol–water partition coefficient (Wildman–Crippen LogP) is 3.31. The van der Waals surface area contributed by atoms with Gasteiger partial charge in [-0.1, -0.05) is 42.0 Å². The highest BCUT2D eigenvalue weighted by atomic mass is 19.1. The van der Waals surface area contributed by atoms with Crippen LogP contribution < -0.4 is 0 Å². The minimum absolute atomic E-state index is 0.0821. The highest BCUT2D eigenvalue weighted by Gasteiger charge is 2.34. The van der Waals surface area contributed by atoms with E-state index in [9.17, 15) is 14.0 Å². The lowest BCUT2D eigenvalue weighted by Crippen LogP contribution is -2.41. The minimum atomic E-state index is -0.324. The molecule has 0 aromatic heterocycles. The summed E-state index contributed by atoms with van der Waals surface area (Å²) in [5.41, 5.74) is 3.56. The fourth-order valence-corrected chi connectivity index (χ4v) is 3.39. The van der Waals surface area contributed by atoms with Gasteiger partial charge in [0.25, 0.3) is 5.91 Å². The largest absolute Gasteiger partial charge is 0.383 e. The number of amides is 2. The number of ether oxygens (including phenoxy) is 1. The number of halogens is 1. The van der Waals surface area contributed by atoms with Crippen molar-refractivity contribution < 1.29 is 18.7 Å². The Morgan fingerprint density at radius 2 is 1.83 bits per heavy atom. The lowest BCUT2D eigenvalue weighted by Gasteiger charge is -2.26. The summed E-state index contributed by atoms with van der Waals surface area (Å²) in [6.45, 7) is 4.02. The molecule has 6 nitrogen and oxygen atoms in total. The zero-order valence-corrected chi connectivity index (χ0v) is 17.5. The van der Waals surface area contributed by atoms with E-state index in [-0.39, 0.29) is 30.2 Å². The average Bonchev–Trinajstić information content (AvgIpc) is 3.17. The number of carbonyl (C=O) groups is 2. The Labute approximate surface area is 175 Å². The lowest BCUT2D eigenvalue weighted by atomic mass is 9.97. The fraction of sp³-hybridized carbons (Fsp3) is 0.348. The summed E-state index contributed by atoms with van der Waals surface area (Å²) in [5.74, 6) is -0.797. The molecular weight excluding hydrogens is 385 g/mol. The number of hydrazone groups is 1. The molecule has 1 atom stereocenters. The molecular formula is C23H26FN3O3. The zero-order chi connectivity index (χ0) is 21.7. The molecule has 7 heteroatoms. The van der Waals surface area contributed by atoms with E-state index in [1.54, 1.807) is 19.2 Å². The molecule has 1 unspecified atom stereocenters. The number of rotatable bonds is 7. The molecule has 0 saturated heterocycles. The van der Waals surface area contributed by atoms with E-state index in [0.717, 1.165) is 16.7 Å². The Hall–Kier alpha value is -3.06. The molecule has 2 aromatic rings. The van der Waals surface area contributed by atoms with Crippen LogP contribution >= 0.6 is 0 Å². The molecule has 2 aromatic carbocycles. The predicted molar refractivity (Wildman–Crippen MR) is 112 cm³/mol. The van der Waals surface area contributed by atoms with Gasteiger partial charge in [-0.2, -0.15) is 5.10 Å². The molecule has 1 heterocycles. The Morgan fingerprint density at radius 1 is 1.17 bits per heavy atom. The molecule has 0 radical (unpaired) electrons. The maximum absolute atomic E-state index is 13.3. The summed E-state index contributed by atoms with van der Waals surface area (Å²) in [7, 11) is 1.55. The number of hydrogen-bond acceptors (Lipinski definition) is 4. The van der Waals surface area contributed by atoms with Crippen molar-refractivity contribution in [2.24, 2.45) is 5.10 Å². The third kappa shape index (κ3) is 5.10. The first-order chi connectivity index (χ1) is 14.4. The third-order valence-corrected chi connectivity index (χ3v) is 5.14. The van der Waals surface area contributed by atoms with E-state index in [0.29, 0.717) is 25.3 Å². The van der Waals surface area contributed by atoms with Gasteiger partial charge in [-0.3, -0.25) is 9.59 Å². The van der Waals surface area contributed by atoms with Crippen LogP contribution in [-0.2, 0) is 14.3 Å². The van der Waals surface area contributed by atoms with Gasteiger partial charge < -0.3 is 9.64 Å². The van der Waals surface area contributed by atoms with Crippen LogP contribution in [0.2, 0.25) is 0 Å². The van der Waals surface area contributed by atoms with Crippen LogP contribution in [0.3, 0.4) is 0 Å². The van der Waals surface area contributed by atoms with Crippen LogP contribution in [0, 0.1) is 12.7 Å². The van der Waals surface area contributed by atoms with Gasteiger partial charge in [-0.25, -0.2) is 9.40 Å². The van der Waals surface area contributed by atoms with Gasteiger partial charge in [0.1, 0.15) is 12.4 Å². The maximum atomic E-state index is 13.3. The lowest BCUT2D eigenvalue weighted by molar-refractivity contribution is -0.141. The monoisotopic (exact) mass is 411 g/mol. The van der Waals surface area contributed by atoms with Gasteiger partial charge in [0.15, 0.2) is 0 Å². The summed E-state index contributed by atoms with van der Waals surface area (Å²) in [5, 5.41) is 6.02. The average molecular weight is 411 g/mol. The number of hydrogen-bond donors (Lipinski definition) is 0. The summed E-state index contributed by atoms with van der Waals surface area (Å²) in [6.07, 6.45) is 0.512. The van der Waals surface area contributed by atoms with E-state index in [2.05, 4.69) is 5.10 Å². The van der Waals surface area contributed by atoms with E-state index >= 15 is 0 Å². The van der Waals surface area contributed by atoms with Crippen molar-refractivity contribution >= 4 is 17.5 Å². The molecule has 0 fully saturated rings. The number of methoxy groups -OCH3 is 1. The van der Waals surface area contributed by atoms with Crippen LogP contribution in [0.4, 0.5) is 4.39 Å². The Morgan fingerprint density at radius 3 is 2.43 bits per heavy atom. The van der Waals surface area contributed by atoms with Gasteiger partial charge in [-0.15, -0.1) is 0 Å². The van der Waals surface area contributed by atoms with Gasteiger partial charge in [0.05, 0.1) is 18.4 Å². The highest BCUT2D eigenvalue weighted by Crippen LogP contribution is 2.33. The Kier molecular flexibility index (Phi) is 6.95. The minimum Gasteiger partial charge on any atom is -0.383 e. The van der Waals surface area contributed by atoms with Crippen LogP contribution in [-0.4, -0.2) is 54.2 Å². The van der Waals surface area contributed by atoms with E-state index in [1.165, 1.54) is 29.0 Å². The molecule has 1 aliphatic rings. The summed E-state index contributed by atoms with van der Waals surface area (Å²) in [4.78, 5) is 26.5. The fourth-order valence-electron chi connectivity index (χ4n) is 3.39. The van der Waals surface area contributed by atoms with Crippen molar-refractivity contribution in [3.63, 3.8) is 0 Å². The number of benzene rings is 2. The molecule has 158 valence electrons. The molecule has 0 saturated carbocycles. The molecule has 2 amide bonds. The first-order valence-electron chi connectivity index (χ1n) is 9.85. The van der Waals surface area contributed by atoms with Crippen molar-refractivity contribution in [3.8, 4) is 0 Å². The number of aryl methyl sites for hydroxylation is 1. The summed E-state index contributed by atoms with van der Waals surface area (Å²) >= 11 is 0. The van der Waals surface area contributed by atoms with Gasteiger partial charge in [0, 0.05) is 27.0 Å². The molecule has 30 heavy (non-hydrogen) atoms. The molecule has 0 bridgehead atoms. The second-order valence-electron chi connectivity index (χ2n) is 7.36. The quantitative estimate of drug-likeness (QED) is 0.702. The summed E-state index contributed by atoms with van der Waals surface area (Å²) < 4.78 is 18.4. The van der Waals surface area contributed by atoms with Crippen molar-refractivity contribution in [1.82, 2.24) is 9.91 Å². The van der Waals surface area contributed by atoms with Crippen molar-refractivity contribution in [2.75, 3.05) is 26.8 Å².